The lowest BCUT2D eigenvalue weighted by molar-refractivity contribution is -0.133. The molecule has 104 valence electrons. The van der Waals surface area contributed by atoms with E-state index in [0.717, 1.165) is 19.4 Å². The fourth-order valence-corrected chi connectivity index (χ4v) is 3.75. The Bertz CT molecular complexity index is 448. The molecule has 1 amide bonds. The summed E-state index contributed by atoms with van der Waals surface area (Å²) in [6.45, 7) is 4.87. The summed E-state index contributed by atoms with van der Waals surface area (Å²) >= 11 is 1.67. The fourth-order valence-electron chi connectivity index (χ4n) is 3.07. The zero-order chi connectivity index (χ0) is 13.4. The maximum absolute atomic E-state index is 12.6. The van der Waals surface area contributed by atoms with Crippen molar-refractivity contribution in [1.82, 2.24) is 10.2 Å². The first kappa shape index (κ1) is 13.1. The Hall–Kier alpha value is -0.910. The summed E-state index contributed by atoms with van der Waals surface area (Å²) in [6, 6.07) is 2.24. The van der Waals surface area contributed by atoms with Gasteiger partial charge in [-0.1, -0.05) is 6.92 Å². The topological polar surface area (TPSA) is 41.6 Å². The van der Waals surface area contributed by atoms with Crippen molar-refractivity contribution in [1.29, 1.82) is 0 Å². The van der Waals surface area contributed by atoms with E-state index in [1.54, 1.807) is 11.3 Å². The average molecular weight is 280 g/mol. The monoisotopic (exact) mass is 280 g/mol. The molecule has 0 saturated carbocycles. The molecule has 4 atom stereocenters. The van der Waals surface area contributed by atoms with E-state index in [1.165, 1.54) is 5.56 Å². The van der Waals surface area contributed by atoms with Crippen LogP contribution in [0.5, 0.6) is 0 Å². The van der Waals surface area contributed by atoms with Gasteiger partial charge in [-0.05, 0) is 42.2 Å². The summed E-state index contributed by atoms with van der Waals surface area (Å²) in [5.41, 5.74) is 1.19. The maximum Gasteiger partial charge on any atom is 0.241 e. The molecule has 2 fully saturated rings. The van der Waals surface area contributed by atoms with Gasteiger partial charge in [0.2, 0.25) is 5.91 Å². The minimum absolute atomic E-state index is 0.0119. The molecule has 3 heterocycles. The summed E-state index contributed by atoms with van der Waals surface area (Å²) in [7, 11) is 0. The summed E-state index contributed by atoms with van der Waals surface area (Å²) in [5.74, 6) is 0.223. The summed E-state index contributed by atoms with van der Waals surface area (Å²) in [6.07, 6.45) is 1.91. The van der Waals surface area contributed by atoms with Crippen LogP contribution in [0.2, 0.25) is 0 Å². The van der Waals surface area contributed by atoms with E-state index in [1.807, 2.05) is 4.90 Å². The zero-order valence-electron chi connectivity index (χ0n) is 11.3. The van der Waals surface area contributed by atoms with Crippen LogP contribution in [0.15, 0.2) is 16.8 Å². The number of hydrogen-bond donors (Lipinski definition) is 1. The predicted octanol–water partition coefficient (Wildman–Crippen LogP) is 2.13. The highest BCUT2D eigenvalue weighted by atomic mass is 32.1. The van der Waals surface area contributed by atoms with Crippen molar-refractivity contribution in [2.75, 3.05) is 6.61 Å². The number of ether oxygens (including phenoxy) is 1. The Morgan fingerprint density at radius 1 is 1.58 bits per heavy atom. The number of nitrogens with zero attached hydrogens (tertiary/aromatic N) is 1. The second kappa shape index (κ2) is 5.23. The molecule has 4 unspecified atom stereocenters. The molecule has 1 aromatic heterocycles. The number of hydrogen-bond acceptors (Lipinski definition) is 4. The molecular weight excluding hydrogens is 260 g/mol. The lowest BCUT2D eigenvalue weighted by Gasteiger charge is -2.31. The zero-order valence-corrected chi connectivity index (χ0v) is 12.2. The summed E-state index contributed by atoms with van der Waals surface area (Å²) in [5, 5.41) is 7.65. The molecule has 0 radical (unpaired) electrons. The van der Waals surface area contributed by atoms with Gasteiger partial charge in [0.15, 0.2) is 0 Å². The van der Waals surface area contributed by atoms with Crippen LogP contribution in [0.3, 0.4) is 0 Å². The van der Waals surface area contributed by atoms with E-state index in [4.69, 9.17) is 4.74 Å². The van der Waals surface area contributed by atoms with Gasteiger partial charge in [-0.15, -0.1) is 0 Å². The van der Waals surface area contributed by atoms with Crippen molar-refractivity contribution in [3.8, 4) is 0 Å². The van der Waals surface area contributed by atoms with Crippen LogP contribution in [0.4, 0.5) is 0 Å². The number of thiophene rings is 1. The highest BCUT2D eigenvalue weighted by molar-refractivity contribution is 7.07. The van der Waals surface area contributed by atoms with E-state index in [0.29, 0.717) is 0 Å². The lowest BCUT2D eigenvalue weighted by atomic mass is 10.1. The minimum atomic E-state index is -0.0577. The molecule has 2 aliphatic heterocycles. The Balaban J connectivity index is 1.90. The van der Waals surface area contributed by atoms with Gasteiger partial charge in [0.1, 0.15) is 6.17 Å². The quantitative estimate of drug-likeness (QED) is 0.922. The third kappa shape index (κ3) is 2.20. The summed E-state index contributed by atoms with van der Waals surface area (Å²) < 4.78 is 5.64. The Morgan fingerprint density at radius 2 is 2.42 bits per heavy atom. The Labute approximate surface area is 117 Å². The van der Waals surface area contributed by atoms with Crippen molar-refractivity contribution in [3.63, 3.8) is 0 Å². The molecule has 0 aromatic carbocycles. The van der Waals surface area contributed by atoms with Crippen molar-refractivity contribution >= 4 is 17.2 Å². The molecular formula is C14H20N2O2S. The molecule has 0 spiro atoms. The number of carbonyl (C=O) groups is 1. The van der Waals surface area contributed by atoms with Crippen LogP contribution >= 0.6 is 11.3 Å². The van der Waals surface area contributed by atoms with Gasteiger partial charge in [0, 0.05) is 6.61 Å². The standard InChI is InChI=1S/C14H20N2O2S/c1-3-11-14(17)16(12-4-6-18-9(12)2)13(15-11)10-5-7-19-8-10/h5,7-9,11-13,15H,3-4,6H2,1-2H3. The number of nitrogens with one attached hydrogen (secondary N) is 1. The predicted molar refractivity (Wildman–Crippen MR) is 74.9 cm³/mol. The molecule has 19 heavy (non-hydrogen) atoms. The molecule has 2 saturated heterocycles. The second-order valence-electron chi connectivity index (χ2n) is 5.26. The van der Waals surface area contributed by atoms with Crippen molar-refractivity contribution in [3.05, 3.63) is 22.4 Å². The van der Waals surface area contributed by atoms with Crippen LogP contribution in [0, 0.1) is 0 Å². The molecule has 1 N–H and O–H groups in total. The van der Waals surface area contributed by atoms with Gasteiger partial charge in [0.05, 0.1) is 18.2 Å². The third-order valence-corrected chi connectivity index (χ3v) is 4.85. The van der Waals surface area contributed by atoms with Gasteiger partial charge < -0.3 is 9.64 Å². The molecule has 4 nitrogen and oxygen atoms in total. The smallest absolute Gasteiger partial charge is 0.241 e. The molecule has 5 heteroatoms. The maximum atomic E-state index is 12.6. The van der Waals surface area contributed by atoms with Crippen molar-refractivity contribution in [2.24, 2.45) is 0 Å². The fraction of sp³-hybridized carbons (Fsp3) is 0.643. The largest absolute Gasteiger partial charge is 0.376 e. The second-order valence-corrected chi connectivity index (χ2v) is 6.04. The van der Waals surface area contributed by atoms with E-state index in [2.05, 4.69) is 36.0 Å². The first-order chi connectivity index (χ1) is 9.22. The molecule has 0 aliphatic carbocycles. The third-order valence-electron chi connectivity index (χ3n) is 4.15. The average Bonchev–Trinajstić information content (AvgIpc) is 3.09. The van der Waals surface area contributed by atoms with Gasteiger partial charge in [-0.2, -0.15) is 11.3 Å². The van der Waals surface area contributed by atoms with Crippen molar-refractivity contribution < 1.29 is 9.53 Å². The number of carbonyl (C=O) groups excluding carboxylic acids is 1. The molecule has 1 aromatic rings. The lowest BCUT2D eigenvalue weighted by Crippen LogP contribution is -2.43. The number of rotatable bonds is 3. The SMILES string of the molecule is CCC1NC(c2ccsc2)N(C2CCOC2C)C1=O. The van der Waals surface area contributed by atoms with Crippen LogP contribution in [-0.2, 0) is 9.53 Å². The Morgan fingerprint density at radius 3 is 3.00 bits per heavy atom. The highest BCUT2D eigenvalue weighted by Crippen LogP contribution is 2.34. The first-order valence-corrected chi connectivity index (χ1v) is 7.88. The van der Waals surface area contributed by atoms with E-state index < -0.39 is 0 Å². The van der Waals surface area contributed by atoms with Crippen LogP contribution in [0.1, 0.15) is 38.4 Å². The first-order valence-electron chi connectivity index (χ1n) is 6.94. The number of amides is 1. The van der Waals surface area contributed by atoms with E-state index >= 15 is 0 Å². The van der Waals surface area contributed by atoms with Crippen LogP contribution in [0.25, 0.3) is 0 Å². The van der Waals surface area contributed by atoms with Crippen LogP contribution < -0.4 is 5.32 Å². The van der Waals surface area contributed by atoms with Gasteiger partial charge in [-0.25, -0.2) is 0 Å². The van der Waals surface area contributed by atoms with Gasteiger partial charge in [0.25, 0.3) is 0 Å². The Kier molecular flexibility index (Phi) is 3.60. The van der Waals surface area contributed by atoms with E-state index in [9.17, 15) is 4.79 Å². The molecule has 0 bridgehead atoms. The normalized spacial score (nSPS) is 35.3. The van der Waals surface area contributed by atoms with E-state index in [-0.39, 0.29) is 30.3 Å². The van der Waals surface area contributed by atoms with Crippen LogP contribution in [-0.4, -0.2) is 35.6 Å². The summed E-state index contributed by atoms with van der Waals surface area (Å²) in [4.78, 5) is 14.6. The molecule has 2 aliphatic rings. The van der Waals surface area contributed by atoms with Crippen molar-refractivity contribution in [2.45, 2.75) is 51.0 Å². The van der Waals surface area contributed by atoms with Gasteiger partial charge in [-0.3, -0.25) is 10.1 Å². The minimum Gasteiger partial charge on any atom is -0.376 e. The highest BCUT2D eigenvalue weighted by Gasteiger charge is 2.45. The molecule has 3 rings (SSSR count). The van der Waals surface area contributed by atoms with Gasteiger partial charge >= 0.3 is 0 Å².